The van der Waals surface area contributed by atoms with Gasteiger partial charge in [-0.3, -0.25) is 4.79 Å². The van der Waals surface area contributed by atoms with Crippen molar-refractivity contribution in [1.82, 2.24) is 9.66 Å². The second kappa shape index (κ2) is 11.5. The van der Waals surface area contributed by atoms with Crippen LogP contribution in [0.25, 0.3) is 44.2 Å². The Morgan fingerprint density at radius 2 is 1.59 bits per heavy atom. The number of nitrogens with zero attached hydrogens (tertiary/aromatic N) is 3. The third-order valence-corrected chi connectivity index (χ3v) is 7.87. The Bertz CT molecular complexity index is 2260. The lowest BCUT2D eigenvalue weighted by atomic mass is 10.1. The van der Waals surface area contributed by atoms with Crippen molar-refractivity contribution in [2.75, 3.05) is 7.11 Å². The highest BCUT2D eigenvalue weighted by molar-refractivity contribution is 6.37. The normalized spacial score (nSPS) is 11.6. The molecule has 0 aliphatic rings. The van der Waals surface area contributed by atoms with Gasteiger partial charge in [0.2, 0.25) is 5.82 Å². The Hall–Kier alpha value is -5.11. The fourth-order valence-electron chi connectivity index (χ4n) is 5.20. The van der Waals surface area contributed by atoms with Crippen molar-refractivity contribution in [2.45, 2.75) is 6.61 Å². The highest BCUT2D eigenvalue weighted by Crippen LogP contribution is 2.36. The summed E-state index contributed by atoms with van der Waals surface area (Å²) in [5, 5.41) is 8.53. The molecule has 5 aromatic carbocycles. The molecule has 216 valence electrons. The molecule has 0 N–H and O–H groups in total. The second-order valence-electron chi connectivity index (χ2n) is 10.0. The predicted molar refractivity (Wildman–Crippen MR) is 175 cm³/mol. The average molecular weight is 620 g/mol. The number of furan rings is 1. The molecular formula is C35H23Cl2N3O4. The minimum atomic E-state index is -0.360. The molecule has 0 atom stereocenters. The van der Waals surface area contributed by atoms with Crippen LogP contribution in [0.3, 0.4) is 0 Å². The maximum absolute atomic E-state index is 13.7. The number of ether oxygens (including phenoxy) is 2. The monoisotopic (exact) mass is 619 g/mol. The molecule has 2 aromatic heterocycles. The molecule has 0 bridgehead atoms. The fraction of sp³-hybridized carbons (Fsp3) is 0.0571. The minimum Gasteiger partial charge on any atom is -0.496 e. The summed E-state index contributed by atoms with van der Waals surface area (Å²) in [7, 11) is 1.59. The molecule has 9 heteroatoms. The van der Waals surface area contributed by atoms with Crippen molar-refractivity contribution in [3.63, 3.8) is 0 Å². The minimum absolute atomic E-state index is 0.232. The first kappa shape index (κ1) is 27.7. The van der Waals surface area contributed by atoms with Crippen LogP contribution in [-0.4, -0.2) is 23.0 Å². The Morgan fingerprint density at radius 1 is 0.864 bits per heavy atom. The lowest BCUT2D eigenvalue weighted by Gasteiger charge is -2.12. The highest BCUT2D eigenvalue weighted by atomic mass is 35.5. The Labute approximate surface area is 261 Å². The Kier molecular flexibility index (Phi) is 7.26. The molecule has 0 aliphatic carbocycles. The fourth-order valence-corrected chi connectivity index (χ4v) is 5.81. The highest BCUT2D eigenvalue weighted by Gasteiger charge is 2.18. The van der Waals surface area contributed by atoms with Crippen molar-refractivity contribution in [3.05, 3.63) is 135 Å². The molecule has 0 unspecified atom stereocenters. The van der Waals surface area contributed by atoms with E-state index in [4.69, 9.17) is 42.1 Å². The van der Waals surface area contributed by atoms with E-state index < -0.39 is 0 Å². The van der Waals surface area contributed by atoms with E-state index in [0.717, 1.165) is 21.7 Å². The van der Waals surface area contributed by atoms with Crippen molar-refractivity contribution < 1.29 is 13.9 Å². The molecule has 44 heavy (non-hydrogen) atoms. The zero-order chi connectivity index (χ0) is 30.2. The number of hydrogen-bond donors (Lipinski definition) is 0. The summed E-state index contributed by atoms with van der Waals surface area (Å²) < 4.78 is 18.9. The number of rotatable bonds is 7. The van der Waals surface area contributed by atoms with Gasteiger partial charge in [-0.1, -0.05) is 83.9 Å². The van der Waals surface area contributed by atoms with Crippen molar-refractivity contribution in [1.29, 1.82) is 0 Å². The van der Waals surface area contributed by atoms with E-state index in [1.165, 1.54) is 10.9 Å². The SMILES string of the molecule is COc1cccc2oc(-c3nc4ccccc4c(=O)n3N=Cc3cc(Cl)c(OCc4cccc5ccccc45)c(Cl)c3)cc12. The van der Waals surface area contributed by atoms with E-state index in [1.807, 2.05) is 48.5 Å². The average Bonchev–Trinajstić information content (AvgIpc) is 3.48. The van der Waals surface area contributed by atoms with Gasteiger partial charge in [0.05, 0.1) is 39.7 Å². The molecule has 0 aliphatic heterocycles. The number of benzene rings is 5. The molecule has 0 amide bonds. The molecule has 0 fully saturated rings. The Morgan fingerprint density at radius 3 is 2.41 bits per heavy atom. The summed E-state index contributed by atoms with van der Waals surface area (Å²) in [6.45, 7) is 0.290. The van der Waals surface area contributed by atoms with Crippen LogP contribution in [0.2, 0.25) is 10.0 Å². The number of aromatic nitrogens is 2. The zero-order valence-corrected chi connectivity index (χ0v) is 24.8. The summed E-state index contributed by atoms with van der Waals surface area (Å²) in [6, 6.07) is 31.9. The first-order valence-electron chi connectivity index (χ1n) is 13.7. The Balaban J connectivity index is 1.25. The van der Waals surface area contributed by atoms with E-state index in [0.29, 0.717) is 49.4 Å². The van der Waals surface area contributed by atoms with Crippen molar-refractivity contribution >= 4 is 62.1 Å². The molecule has 7 aromatic rings. The van der Waals surface area contributed by atoms with Gasteiger partial charge < -0.3 is 13.9 Å². The number of halogens is 2. The van der Waals surface area contributed by atoms with Gasteiger partial charge in [-0.25, -0.2) is 4.98 Å². The van der Waals surface area contributed by atoms with E-state index in [2.05, 4.69) is 23.3 Å². The van der Waals surface area contributed by atoms with Crippen LogP contribution in [-0.2, 0) is 6.61 Å². The van der Waals surface area contributed by atoms with Crippen LogP contribution >= 0.6 is 23.2 Å². The summed E-state index contributed by atoms with van der Waals surface area (Å²) >= 11 is 13.3. The van der Waals surface area contributed by atoms with Gasteiger partial charge in [0.15, 0.2) is 11.5 Å². The van der Waals surface area contributed by atoms with Gasteiger partial charge >= 0.3 is 0 Å². The van der Waals surface area contributed by atoms with E-state index >= 15 is 0 Å². The number of fused-ring (bicyclic) bond motifs is 3. The molecule has 2 heterocycles. The third kappa shape index (κ3) is 5.06. The van der Waals surface area contributed by atoms with Crippen LogP contribution in [0.15, 0.2) is 117 Å². The van der Waals surface area contributed by atoms with Gasteiger partial charge in [0.1, 0.15) is 17.9 Å². The van der Waals surface area contributed by atoms with Gasteiger partial charge in [-0.05, 0) is 64.4 Å². The molecule has 0 radical (unpaired) electrons. The lowest BCUT2D eigenvalue weighted by Crippen LogP contribution is -2.20. The van der Waals surface area contributed by atoms with E-state index in [-0.39, 0.29) is 18.0 Å². The zero-order valence-electron chi connectivity index (χ0n) is 23.3. The van der Waals surface area contributed by atoms with Crippen LogP contribution in [0.4, 0.5) is 0 Å². The van der Waals surface area contributed by atoms with Crippen molar-refractivity contribution in [3.8, 4) is 23.1 Å². The van der Waals surface area contributed by atoms with E-state index in [9.17, 15) is 4.79 Å². The van der Waals surface area contributed by atoms with Gasteiger partial charge in [-0.2, -0.15) is 9.78 Å². The van der Waals surface area contributed by atoms with E-state index in [1.54, 1.807) is 43.5 Å². The third-order valence-electron chi connectivity index (χ3n) is 7.31. The first-order chi connectivity index (χ1) is 21.5. The largest absolute Gasteiger partial charge is 0.496 e. The topological polar surface area (TPSA) is 78.9 Å². The number of para-hydroxylation sites is 1. The molecule has 7 rings (SSSR count). The second-order valence-corrected chi connectivity index (χ2v) is 10.9. The predicted octanol–water partition coefficient (Wildman–Crippen LogP) is 8.74. The van der Waals surface area contributed by atoms with Gasteiger partial charge in [-0.15, -0.1) is 0 Å². The number of hydrogen-bond acceptors (Lipinski definition) is 6. The van der Waals surface area contributed by atoms with Crippen LogP contribution < -0.4 is 15.0 Å². The first-order valence-corrected chi connectivity index (χ1v) is 14.5. The summed E-state index contributed by atoms with van der Waals surface area (Å²) in [6.07, 6.45) is 1.50. The van der Waals surface area contributed by atoms with Crippen LogP contribution in [0.1, 0.15) is 11.1 Å². The van der Waals surface area contributed by atoms with Gasteiger partial charge in [0.25, 0.3) is 5.56 Å². The summed E-state index contributed by atoms with van der Waals surface area (Å²) in [5.74, 6) is 1.59. The molecular weight excluding hydrogens is 597 g/mol. The quantitative estimate of drug-likeness (QED) is 0.167. The van der Waals surface area contributed by atoms with Gasteiger partial charge in [0, 0.05) is 0 Å². The molecule has 0 spiro atoms. The van der Waals surface area contributed by atoms with Crippen molar-refractivity contribution in [2.24, 2.45) is 5.10 Å². The molecule has 0 saturated heterocycles. The maximum Gasteiger partial charge on any atom is 0.282 e. The maximum atomic E-state index is 13.7. The molecule has 0 saturated carbocycles. The lowest BCUT2D eigenvalue weighted by molar-refractivity contribution is 0.308. The smallest absolute Gasteiger partial charge is 0.282 e. The summed E-state index contributed by atoms with van der Waals surface area (Å²) in [4.78, 5) is 18.4. The standard InChI is InChI=1S/C35H23Cl2N3O4/c1-42-30-14-7-15-31-26(30)18-32(44-31)34-39-29-13-5-4-12-25(29)35(41)40(34)38-19-21-16-27(36)33(28(37)17-21)43-20-23-10-6-9-22-8-2-3-11-24(22)23/h2-19H,20H2,1H3. The van der Waals surface area contributed by atoms with Crippen LogP contribution in [0, 0.1) is 0 Å². The molecule has 7 nitrogen and oxygen atoms in total. The number of methoxy groups -OCH3 is 1. The van der Waals surface area contributed by atoms with Crippen LogP contribution in [0.5, 0.6) is 11.5 Å². The summed E-state index contributed by atoms with van der Waals surface area (Å²) in [5.41, 5.74) is 2.33.